The third kappa shape index (κ3) is 4.25. The van der Waals surface area contributed by atoms with Crippen LogP contribution < -0.4 is 10.6 Å². The maximum Gasteiger partial charge on any atom is 0.226 e. The summed E-state index contributed by atoms with van der Waals surface area (Å²) in [5.41, 5.74) is 5.14. The van der Waals surface area contributed by atoms with Gasteiger partial charge in [0.15, 0.2) is 0 Å². The second-order valence-corrected chi connectivity index (χ2v) is 5.89. The van der Waals surface area contributed by atoms with E-state index < -0.39 is 0 Å². The average Bonchev–Trinajstić information content (AvgIpc) is 2.45. The molecule has 0 atom stereocenters. The van der Waals surface area contributed by atoms with E-state index in [0.717, 1.165) is 22.5 Å². The number of para-hydroxylation sites is 1. The van der Waals surface area contributed by atoms with E-state index in [1.807, 2.05) is 38.1 Å². The van der Waals surface area contributed by atoms with Crippen LogP contribution in [-0.4, -0.2) is 12.5 Å². The van der Waals surface area contributed by atoms with E-state index in [0.29, 0.717) is 18.0 Å². The first kappa shape index (κ1) is 16.4. The van der Waals surface area contributed by atoms with Crippen LogP contribution in [0.1, 0.15) is 23.1 Å². The Labute approximate surface area is 136 Å². The molecule has 0 aliphatic heterocycles. The van der Waals surface area contributed by atoms with Crippen LogP contribution in [0.5, 0.6) is 0 Å². The van der Waals surface area contributed by atoms with Gasteiger partial charge < -0.3 is 10.6 Å². The van der Waals surface area contributed by atoms with Gasteiger partial charge in [0.25, 0.3) is 0 Å². The maximum atomic E-state index is 12.1. The topological polar surface area (TPSA) is 41.1 Å². The Morgan fingerprint density at radius 2 is 1.73 bits per heavy atom. The zero-order valence-electron chi connectivity index (χ0n) is 13.2. The van der Waals surface area contributed by atoms with Crippen molar-refractivity contribution in [3.05, 3.63) is 58.1 Å². The maximum absolute atomic E-state index is 12.1. The van der Waals surface area contributed by atoms with Crippen molar-refractivity contribution in [2.45, 2.75) is 27.2 Å². The van der Waals surface area contributed by atoms with Gasteiger partial charge in [0, 0.05) is 18.7 Å². The summed E-state index contributed by atoms with van der Waals surface area (Å²) in [4.78, 5) is 12.1. The fourth-order valence-electron chi connectivity index (χ4n) is 2.49. The van der Waals surface area contributed by atoms with Crippen molar-refractivity contribution in [2.75, 3.05) is 17.2 Å². The number of carbonyl (C=O) groups is 1. The standard InChI is InChI=1S/C18H21ClN2O/c1-12-10-13(2)18(14(3)11-12)21-17(22)8-9-20-16-7-5-4-6-15(16)19/h4-7,10-11,20H,8-9H2,1-3H3,(H,21,22). The number of benzene rings is 2. The van der Waals surface area contributed by atoms with Gasteiger partial charge in [0.2, 0.25) is 5.91 Å². The van der Waals surface area contributed by atoms with Crippen molar-refractivity contribution >= 4 is 28.9 Å². The Kier molecular flexibility index (Phi) is 5.45. The van der Waals surface area contributed by atoms with E-state index in [1.54, 1.807) is 0 Å². The minimum atomic E-state index is -0.00499. The van der Waals surface area contributed by atoms with E-state index >= 15 is 0 Å². The van der Waals surface area contributed by atoms with Gasteiger partial charge in [-0.3, -0.25) is 4.79 Å². The minimum Gasteiger partial charge on any atom is -0.383 e. The number of aryl methyl sites for hydroxylation is 3. The van der Waals surface area contributed by atoms with Gasteiger partial charge in [-0.15, -0.1) is 0 Å². The molecule has 0 heterocycles. The highest BCUT2D eigenvalue weighted by atomic mass is 35.5. The van der Waals surface area contributed by atoms with Crippen LogP contribution in [0.15, 0.2) is 36.4 Å². The molecule has 0 aliphatic carbocycles. The first-order valence-electron chi connectivity index (χ1n) is 7.33. The number of hydrogen-bond acceptors (Lipinski definition) is 2. The monoisotopic (exact) mass is 316 g/mol. The van der Waals surface area contributed by atoms with Crippen LogP contribution in [0.25, 0.3) is 0 Å². The summed E-state index contributed by atoms with van der Waals surface area (Å²) in [5, 5.41) is 6.83. The number of halogens is 1. The molecule has 22 heavy (non-hydrogen) atoms. The van der Waals surface area contributed by atoms with E-state index in [1.165, 1.54) is 5.56 Å². The minimum absolute atomic E-state index is 0.00499. The first-order valence-corrected chi connectivity index (χ1v) is 7.71. The summed E-state index contributed by atoms with van der Waals surface area (Å²) in [6, 6.07) is 11.7. The molecule has 0 spiro atoms. The summed E-state index contributed by atoms with van der Waals surface area (Å²) in [5.74, 6) is -0.00499. The lowest BCUT2D eigenvalue weighted by Gasteiger charge is -2.13. The molecule has 0 radical (unpaired) electrons. The second-order valence-electron chi connectivity index (χ2n) is 5.48. The van der Waals surface area contributed by atoms with Crippen LogP contribution in [-0.2, 0) is 4.79 Å². The van der Waals surface area contributed by atoms with E-state index in [-0.39, 0.29) is 5.91 Å². The molecule has 0 fully saturated rings. The van der Waals surface area contributed by atoms with E-state index in [2.05, 4.69) is 29.7 Å². The summed E-state index contributed by atoms with van der Waals surface area (Å²) in [6.45, 7) is 6.62. The molecule has 2 aromatic rings. The third-order valence-electron chi connectivity index (χ3n) is 3.48. The van der Waals surface area contributed by atoms with E-state index in [4.69, 9.17) is 11.6 Å². The second kappa shape index (κ2) is 7.32. The fourth-order valence-corrected chi connectivity index (χ4v) is 2.70. The normalized spacial score (nSPS) is 10.4. The van der Waals surface area contributed by atoms with Gasteiger partial charge in [0.05, 0.1) is 10.7 Å². The Balaban J connectivity index is 1.90. The van der Waals surface area contributed by atoms with Crippen molar-refractivity contribution in [1.29, 1.82) is 0 Å². The molecule has 2 N–H and O–H groups in total. The summed E-state index contributed by atoms with van der Waals surface area (Å²) in [6.07, 6.45) is 0.387. The number of rotatable bonds is 5. The third-order valence-corrected chi connectivity index (χ3v) is 3.81. The Morgan fingerprint density at radius 3 is 2.36 bits per heavy atom. The molecule has 0 saturated carbocycles. The molecule has 2 rings (SSSR count). The molecule has 0 aromatic heterocycles. The Bertz CT molecular complexity index is 660. The van der Waals surface area contributed by atoms with Gasteiger partial charge in [-0.1, -0.05) is 41.4 Å². The largest absolute Gasteiger partial charge is 0.383 e. The van der Waals surface area contributed by atoms with Gasteiger partial charge in [0.1, 0.15) is 0 Å². The van der Waals surface area contributed by atoms with E-state index in [9.17, 15) is 4.79 Å². The van der Waals surface area contributed by atoms with Crippen molar-refractivity contribution in [1.82, 2.24) is 0 Å². The first-order chi connectivity index (χ1) is 10.5. The highest BCUT2D eigenvalue weighted by Gasteiger charge is 2.08. The highest BCUT2D eigenvalue weighted by molar-refractivity contribution is 6.33. The Morgan fingerprint density at radius 1 is 1.09 bits per heavy atom. The lowest BCUT2D eigenvalue weighted by Crippen LogP contribution is -2.17. The van der Waals surface area contributed by atoms with Crippen LogP contribution in [0, 0.1) is 20.8 Å². The molecule has 116 valence electrons. The van der Waals surface area contributed by atoms with Gasteiger partial charge in [-0.05, 0) is 44.0 Å². The van der Waals surface area contributed by atoms with Crippen LogP contribution >= 0.6 is 11.6 Å². The number of hydrogen-bond donors (Lipinski definition) is 2. The quantitative estimate of drug-likeness (QED) is 0.839. The predicted molar refractivity (Wildman–Crippen MR) is 93.8 cm³/mol. The van der Waals surface area contributed by atoms with Gasteiger partial charge >= 0.3 is 0 Å². The fraction of sp³-hybridized carbons (Fsp3) is 0.278. The zero-order valence-corrected chi connectivity index (χ0v) is 13.9. The van der Waals surface area contributed by atoms with Crippen LogP contribution in [0.2, 0.25) is 5.02 Å². The molecule has 0 bridgehead atoms. The number of nitrogens with one attached hydrogen (secondary N) is 2. The zero-order chi connectivity index (χ0) is 16.1. The molecule has 0 aliphatic rings. The molecular weight excluding hydrogens is 296 g/mol. The van der Waals surface area contributed by atoms with Gasteiger partial charge in [-0.25, -0.2) is 0 Å². The van der Waals surface area contributed by atoms with Gasteiger partial charge in [-0.2, -0.15) is 0 Å². The SMILES string of the molecule is Cc1cc(C)c(NC(=O)CCNc2ccccc2Cl)c(C)c1. The lowest BCUT2D eigenvalue weighted by atomic mass is 10.1. The predicted octanol–water partition coefficient (Wildman–Crippen LogP) is 4.71. The summed E-state index contributed by atoms with van der Waals surface area (Å²) >= 11 is 6.06. The van der Waals surface area contributed by atoms with Crippen LogP contribution in [0.4, 0.5) is 11.4 Å². The van der Waals surface area contributed by atoms with Crippen molar-refractivity contribution in [2.24, 2.45) is 0 Å². The number of carbonyl (C=O) groups excluding carboxylic acids is 1. The van der Waals surface area contributed by atoms with Crippen molar-refractivity contribution < 1.29 is 4.79 Å². The number of amides is 1. The molecule has 3 nitrogen and oxygen atoms in total. The molecule has 4 heteroatoms. The molecule has 2 aromatic carbocycles. The highest BCUT2D eigenvalue weighted by Crippen LogP contribution is 2.22. The van der Waals surface area contributed by atoms with Crippen molar-refractivity contribution in [3.8, 4) is 0 Å². The smallest absolute Gasteiger partial charge is 0.226 e. The van der Waals surface area contributed by atoms with Crippen molar-refractivity contribution in [3.63, 3.8) is 0 Å². The molecular formula is C18H21ClN2O. The summed E-state index contributed by atoms with van der Waals surface area (Å²) in [7, 11) is 0. The lowest BCUT2D eigenvalue weighted by molar-refractivity contribution is -0.115. The molecule has 0 saturated heterocycles. The van der Waals surface area contributed by atoms with Crippen LogP contribution in [0.3, 0.4) is 0 Å². The molecule has 1 amide bonds. The Hall–Kier alpha value is -2.00. The number of anilines is 2. The molecule has 0 unspecified atom stereocenters. The summed E-state index contributed by atoms with van der Waals surface area (Å²) < 4.78 is 0. The average molecular weight is 317 g/mol.